The fraction of sp³-hybridized carbons (Fsp3) is 0.278. The van der Waals surface area contributed by atoms with Crippen LogP contribution in [0.25, 0.3) is 43.5 Å². The van der Waals surface area contributed by atoms with E-state index in [0.717, 1.165) is 54.6 Å². The van der Waals surface area contributed by atoms with Gasteiger partial charge in [-0.15, -0.1) is 0 Å². The molecule has 0 aliphatic carbocycles. The lowest BCUT2D eigenvalue weighted by Gasteiger charge is -2.22. The van der Waals surface area contributed by atoms with Crippen LogP contribution < -0.4 is 4.52 Å². The van der Waals surface area contributed by atoms with E-state index in [4.69, 9.17) is 12.9 Å². The number of aliphatic hydroxyl groups excluding tert-OH is 2. The smallest absolute Gasteiger partial charge is 0.392 e. The molecule has 5 aromatic carbocycles. The van der Waals surface area contributed by atoms with E-state index in [1.54, 1.807) is 0 Å². The molecule has 0 saturated carbocycles. The van der Waals surface area contributed by atoms with Gasteiger partial charge in [0.05, 0.1) is 13.2 Å². The summed E-state index contributed by atoms with van der Waals surface area (Å²) in [7, 11) is -1.97. The third-order valence-corrected chi connectivity index (χ3v) is 8.78. The van der Waals surface area contributed by atoms with Gasteiger partial charge in [0, 0.05) is 32.7 Å². The molecule has 0 aliphatic rings. The van der Waals surface area contributed by atoms with Gasteiger partial charge in [0.25, 0.3) is 0 Å². The van der Waals surface area contributed by atoms with E-state index >= 15 is 0 Å². The van der Waals surface area contributed by atoms with Gasteiger partial charge < -0.3 is 23.1 Å². The van der Waals surface area contributed by atoms with Gasteiger partial charge in [0.1, 0.15) is 11.2 Å². The molecule has 5 nitrogen and oxygen atoms in total. The predicted octanol–water partition coefficient (Wildman–Crippen LogP) is 10.0. The van der Waals surface area contributed by atoms with Crippen LogP contribution in [0.15, 0.2) is 87.3 Å². The maximum Gasteiger partial charge on any atom is 0.453 e. The zero-order valence-corrected chi connectivity index (χ0v) is 25.9. The minimum Gasteiger partial charge on any atom is -0.392 e. The standard InChI is InChI=1S/C36H37O5P/c1-35(2,3)30-17-22(20-37)15-28-29-16-23(21-38)18-31(36(4,5)6)34(29)41-42(40-33(28)30)39-32-26-13-9-7-11-24(26)19-25-12-8-10-14-27(25)32/h7-19,37-38H,20-21H2,1-6H3. The Morgan fingerprint density at radius 1 is 0.595 bits per heavy atom. The Bertz CT molecular complexity index is 1870. The second-order valence-corrected chi connectivity index (χ2v) is 14.0. The third kappa shape index (κ3) is 5.07. The summed E-state index contributed by atoms with van der Waals surface area (Å²) >= 11 is 0. The average molecular weight is 581 g/mol. The van der Waals surface area contributed by atoms with Gasteiger partial charge in [0.2, 0.25) is 0 Å². The van der Waals surface area contributed by atoms with Crippen molar-refractivity contribution in [3.8, 4) is 5.75 Å². The third-order valence-electron chi connectivity index (χ3n) is 7.79. The van der Waals surface area contributed by atoms with Crippen molar-refractivity contribution in [1.29, 1.82) is 0 Å². The van der Waals surface area contributed by atoms with E-state index in [1.807, 2.05) is 48.5 Å². The fourth-order valence-electron chi connectivity index (χ4n) is 5.62. The van der Waals surface area contributed by atoms with E-state index in [0.29, 0.717) is 16.9 Å². The summed E-state index contributed by atoms with van der Waals surface area (Å²) in [6.45, 7) is 12.6. The van der Waals surface area contributed by atoms with Crippen molar-refractivity contribution < 1.29 is 23.1 Å². The molecule has 6 rings (SSSR count). The predicted molar refractivity (Wildman–Crippen MR) is 173 cm³/mol. The van der Waals surface area contributed by atoms with E-state index in [-0.39, 0.29) is 24.0 Å². The lowest BCUT2D eigenvalue weighted by Crippen LogP contribution is -2.13. The summed E-state index contributed by atoms with van der Waals surface area (Å²) in [6, 6.07) is 26.5. The average Bonchev–Trinajstić information content (AvgIpc) is 3.11. The first-order valence-electron chi connectivity index (χ1n) is 14.3. The number of benzene rings is 5. The summed E-state index contributed by atoms with van der Waals surface area (Å²) in [6.07, 6.45) is 0. The van der Waals surface area contributed by atoms with Crippen LogP contribution in [0.1, 0.15) is 63.8 Å². The molecule has 1 aromatic heterocycles. The molecule has 0 spiro atoms. The van der Waals surface area contributed by atoms with Crippen LogP contribution >= 0.6 is 8.24 Å². The monoisotopic (exact) mass is 580 g/mol. The molecule has 0 atom stereocenters. The maximum atomic E-state index is 10.2. The normalized spacial score (nSPS) is 12.5. The number of hydrogen-bond acceptors (Lipinski definition) is 5. The maximum absolute atomic E-state index is 10.2. The molecule has 2 N–H and O–H groups in total. The number of aliphatic hydroxyl groups is 2. The van der Waals surface area contributed by atoms with Crippen molar-refractivity contribution in [2.75, 3.05) is 0 Å². The lowest BCUT2D eigenvalue weighted by atomic mass is 9.83. The van der Waals surface area contributed by atoms with E-state index in [2.05, 4.69) is 71.9 Å². The highest BCUT2D eigenvalue weighted by molar-refractivity contribution is 7.32. The van der Waals surface area contributed by atoms with Crippen LogP contribution in [0.5, 0.6) is 5.75 Å². The molecule has 216 valence electrons. The number of fused-ring (bicyclic) bond motifs is 5. The van der Waals surface area contributed by atoms with Gasteiger partial charge in [-0.2, -0.15) is 0 Å². The van der Waals surface area contributed by atoms with Crippen LogP contribution in [0.3, 0.4) is 0 Å². The molecule has 0 saturated heterocycles. The minimum atomic E-state index is -1.97. The van der Waals surface area contributed by atoms with Gasteiger partial charge in [-0.1, -0.05) is 90.1 Å². The summed E-state index contributed by atoms with van der Waals surface area (Å²) < 4.78 is 20.5. The van der Waals surface area contributed by atoms with Crippen molar-refractivity contribution in [3.63, 3.8) is 0 Å². The van der Waals surface area contributed by atoms with Crippen molar-refractivity contribution in [2.24, 2.45) is 0 Å². The molecule has 0 radical (unpaired) electrons. The number of rotatable bonds is 4. The Balaban J connectivity index is 1.79. The van der Waals surface area contributed by atoms with E-state index in [1.165, 1.54) is 0 Å². The van der Waals surface area contributed by atoms with Crippen molar-refractivity contribution in [1.82, 2.24) is 0 Å². The summed E-state index contributed by atoms with van der Waals surface area (Å²) in [5.74, 6) is 0.716. The molecule has 0 unspecified atom stereocenters. The van der Waals surface area contributed by atoms with Gasteiger partial charge >= 0.3 is 8.24 Å². The Morgan fingerprint density at radius 2 is 1.02 bits per heavy atom. The van der Waals surface area contributed by atoms with Crippen LogP contribution in [0, 0.1) is 0 Å². The molecule has 6 aromatic rings. The van der Waals surface area contributed by atoms with Crippen LogP contribution in [0.4, 0.5) is 0 Å². The molecule has 0 amide bonds. The molecule has 6 heteroatoms. The summed E-state index contributed by atoms with van der Waals surface area (Å²) in [4.78, 5) is 0. The first kappa shape index (κ1) is 28.4. The quantitative estimate of drug-likeness (QED) is 0.203. The summed E-state index contributed by atoms with van der Waals surface area (Å²) in [5.41, 5.74) is 4.22. The van der Waals surface area contributed by atoms with Gasteiger partial charge in [-0.3, -0.25) is 0 Å². The van der Waals surface area contributed by atoms with Crippen molar-refractivity contribution in [3.05, 3.63) is 101 Å². The van der Waals surface area contributed by atoms with Crippen LogP contribution in [0.2, 0.25) is 0 Å². The Morgan fingerprint density at radius 3 is 1.43 bits per heavy atom. The lowest BCUT2D eigenvalue weighted by molar-refractivity contribution is 0.281. The van der Waals surface area contributed by atoms with E-state index in [9.17, 15) is 10.2 Å². The summed E-state index contributed by atoms with van der Waals surface area (Å²) in [5, 5.41) is 26.2. The second-order valence-electron chi connectivity index (χ2n) is 13.0. The molecule has 0 bridgehead atoms. The van der Waals surface area contributed by atoms with Crippen molar-refractivity contribution >= 4 is 51.7 Å². The first-order valence-corrected chi connectivity index (χ1v) is 15.4. The SMILES string of the molecule is CC(C)(C)c1cc(CO)cc2c1op(Oc1c3ccccc3cc3ccccc13)oc1c(C(C)(C)C)cc(CO)cc12. The molecular formula is C36H37O5P. The Labute approximate surface area is 247 Å². The highest BCUT2D eigenvalue weighted by Gasteiger charge is 2.26. The zero-order chi connectivity index (χ0) is 29.8. The van der Waals surface area contributed by atoms with Crippen LogP contribution in [-0.4, -0.2) is 10.2 Å². The fourth-order valence-corrected chi connectivity index (χ4v) is 6.77. The Kier molecular flexibility index (Phi) is 7.09. The zero-order valence-electron chi connectivity index (χ0n) is 25.0. The molecular weight excluding hydrogens is 543 g/mol. The highest BCUT2D eigenvalue weighted by atomic mass is 31.1. The van der Waals surface area contributed by atoms with Gasteiger partial charge in [0.15, 0.2) is 5.75 Å². The van der Waals surface area contributed by atoms with Gasteiger partial charge in [-0.25, -0.2) is 0 Å². The molecule has 42 heavy (non-hydrogen) atoms. The highest BCUT2D eigenvalue weighted by Crippen LogP contribution is 2.46. The second kappa shape index (κ2) is 10.5. The largest absolute Gasteiger partial charge is 0.453 e. The molecule has 1 heterocycles. The number of hydrogen-bond donors (Lipinski definition) is 2. The van der Waals surface area contributed by atoms with Crippen LogP contribution in [-0.2, 0) is 24.0 Å². The minimum absolute atomic E-state index is 0.106. The van der Waals surface area contributed by atoms with Gasteiger partial charge in [-0.05, 0) is 63.1 Å². The first-order chi connectivity index (χ1) is 20.0. The molecule has 0 fully saturated rings. The molecule has 0 aliphatic heterocycles. The van der Waals surface area contributed by atoms with E-state index < -0.39 is 8.24 Å². The Hall–Kier alpha value is -3.76. The topological polar surface area (TPSA) is 76.0 Å². The van der Waals surface area contributed by atoms with Crippen molar-refractivity contribution in [2.45, 2.75) is 65.6 Å².